The molecule has 0 aromatic heterocycles. The summed E-state index contributed by atoms with van der Waals surface area (Å²) in [5.74, 6) is 1.84. The van der Waals surface area contributed by atoms with Gasteiger partial charge < -0.3 is 4.74 Å². The number of halogens is 3. The second-order valence-electron chi connectivity index (χ2n) is 4.04. The second kappa shape index (κ2) is 6.87. The van der Waals surface area contributed by atoms with E-state index in [1.54, 1.807) is 0 Å². The normalized spacial score (nSPS) is 12.9. The Morgan fingerprint density at radius 1 is 1.38 bits per heavy atom. The summed E-state index contributed by atoms with van der Waals surface area (Å²) in [6.07, 6.45) is 0. The van der Waals surface area contributed by atoms with E-state index in [9.17, 15) is 0 Å². The summed E-state index contributed by atoms with van der Waals surface area (Å²) in [5.41, 5.74) is 0. The van der Waals surface area contributed by atoms with E-state index in [-0.39, 0.29) is 0 Å². The molecule has 0 bridgehead atoms. The summed E-state index contributed by atoms with van der Waals surface area (Å²) in [5, 5.41) is 1.59. The number of hydrogen-bond donors (Lipinski definition) is 0. The van der Waals surface area contributed by atoms with Crippen LogP contribution in [0, 0.1) is 11.8 Å². The van der Waals surface area contributed by atoms with E-state index in [0.717, 1.165) is 15.6 Å². The molecule has 0 fully saturated rings. The standard InChI is InChI=1S/C12H15Br2ClO/c1-8(2)9(6-13)7-16-12-4-3-10(14)5-11(12)15/h3-5,8-9H,6-7H2,1-2H3. The molecule has 1 aromatic rings. The van der Waals surface area contributed by atoms with Crippen molar-refractivity contribution in [2.75, 3.05) is 11.9 Å². The van der Waals surface area contributed by atoms with Crippen molar-refractivity contribution in [3.8, 4) is 5.75 Å². The zero-order valence-electron chi connectivity index (χ0n) is 9.34. The lowest BCUT2D eigenvalue weighted by atomic mass is 9.99. The molecule has 0 aliphatic carbocycles. The van der Waals surface area contributed by atoms with Gasteiger partial charge in [0.1, 0.15) is 5.75 Å². The van der Waals surface area contributed by atoms with Gasteiger partial charge in [-0.3, -0.25) is 0 Å². The van der Waals surface area contributed by atoms with Crippen LogP contribution in [-0.2, 0) is 0 Å². The maximum Gasteiger partial charge on any atom is 0.137 e. The molecule has 0 spiro atoms. The van der Waals surface area contributed by atoms with Crippen LogP contribution in [0.1, 0.15) is 13.8 Å². The van der Waals surface area contributed by atoms with Gasteiger partial charge in [-0.1, -0.05) is 57.3 Å². The van der Waals surface area contributed by atoms with E-state index >= 15 is 0 Å². The summed E-state index contributed by atoms with van der Waals surface area (Å²) < 4.78 is 6.69. The molecule has 0 saturated carbocycles. The lowest BCUT2D eigenvalue weighted by Crippen LogP contribution is -2.19. The van der Waals surface area contributed by atoms with Crippen molar-refractivity contribution in [3.63, 3.8) is 0 Å². The molecule has 0 saturated heterocycles. The molecule has 0 heterocycles. The number of alkyl halides is 1. The Kier molecular flexibility index (Phi) is 6.16. The molecule has 1 unspecified atom stereocenters. The molecule has 1 atom stereocenters. The lowest BCUT2D eigenvalue weighted by molar-refractivity contribution is 0.227. The molecule has 1 aromatic carbocycles. The highest BCUT2D eigenvalue weighted by molar-refractivity contribution is 9.10. The quantitative estimate of drug-likeness (QED) is 0.652. The smallest absolute Gasteiger partial charge is 0.137 e. The average molecular weight is 371 g/mol. The van der Waals surface area contributed by atoms with Crippen molar-refractivity contribution in [3.05, 3.63) is 27.7 Å². The Morgan fingerprint density at radius 2 is 2.06 bits per heavy atom. The minimum absolute atomic E-state index is 0.500. The Labute approximate surface area is 119 Å². The third-order valence-electron chi connectivity index (χ3n) is 2.49. The van der Waals surface area contributed by atoms with Crippen LogP contribution in [0.4, 0.5) is 0 Å². The van der Waals surface area contributed by atoms with Crippen LogP contribution in [0.15, 0.2) is 22.7 Å². The molecule has 16 heavy (non-hydrogen) atoms. The van der Waals surface area contributed by atoms with Gasteiger partial charge in [0.15, 0.2) is 0 Å². The van der Waals surface area contributed by atoms with Crippen molar-refractivity contribution >= 4 is 43.5 Å². The van der Waals surface area contributed by atoms with E-state index in [1.807, 2.05) is 18.2 Å². The SMILES string of the molecule is CC(C)C(CBr)COc1ccc(Br)cc1Cl. The van der Waals surface area contributed by atoms with Gasteiger partial charge in [0.2, 0.25) is 0 Å². The fourth-order valence-corrected chi connectivity index (χ4v) is 2.87. The van der Waals surface area contributed by atoms with Crippen molar-refractivity contribution in [1.82, 2.24) is 0 Å². The van der Waals surface area contributed by atoms with E-state index in [4.69, 9.17) is 16.3 Å². The molecule has 0 aliphatic rings. The minimum Gasteiger partial charge on any atom is -0.492 e. The van der Waals surface area contributed by atoms with Crippen molar-refractivity contribution in [1.29, 1.82) is 0 Å². The topological polar surface area (TPSA) is 9.23 Å². The third-order valence-corrected chi connectivity index (χ3v) is 4.11. The fourth-order valence-electron chi connectivity index (χ4n) is 1.20. The van der Waals surface area contributed by atoms with Crippen LogP contribution < -0.4 is 4.74 Å². The Hall–Kier alpha value is 0.270. The molecular weight excluding hydrogens is 355 g/mol. The van der Waals surface area contributed by atoms with Gasteiger partial charge in [-0.2, -0.15) is 0 Å². The van der Waals surface area contributed by atoms with Gasteiger partial charge >= 0.3 is 0 Å². The summed E-state index contributed by atoms with van der Waals surface area (Å²) >= 11 is 12.9. The molecule has 1 rings (SSSR count). The number of hydrogen-bond acceptors (Lipinski definition) is 1. The summed E-state index contributed by atoms with van der Waals surface area (Å²) in [4.78, 5) is 0. The molecule has 0 aliphatic heterocycles. The fraction of sp³-hybridized carbons (Fsp3) is 0.500. The largest absolute Gasteiger partial charge is 0.492 e. The molecule has 0 N–H and O–H groups in total. The second-order valence-corrected chi connectivity index (χ2v) is 6.01. The van der Waals surface area contributed by atoms with Crippen molar-refractivity contribution in [2.45, 2.75) is 13.8 Å². The Morgan fingerprint density at radius 3 is 2.56 bits per heavy atom. The van der Waals surface area contributed by atoms with Gasteiger partial charge in [-0.25, -0.2) is 0 Å². The first-order valence-electron chi connectivity index (χ1n) is 5.18. The maximum absolute atomic E-state index is 6.07. The predicted octanol–water partition coefficient (Wildman–Crippen LogP) is 5.15. The molecule has 90 valence electrons. The molecule has 0 amide bonds. The molecule has 0 radical (unpaired) electrons. The van der Waals surface area contributed by atoms with Crippen molar-refractivity contribution < 1.29 is 4.74 Å². The van der Waals surface area contributed by atoms with Crippen LogP contribution in [0.5, 0.6) is 5.75 Å². The maximum atomic E-state index is 6.07. The van der Waals surface area contributed by atoms with Gasteiger partial charge in [-0.15, -0.1) is 0 Å². The van der Waals surface area contributed by atoms with Crippen LogP contribution in [0.3, 0.4) is 0 Å². The molecular formula is C12H15Br2ClO. The summed E-state index contributed by atoms with van der Waals surface area (Å²) in [6, 6.07) is 5.66. The molecule has 4 heteroatoms. The van der Waals surface area contributed by atoms with E-state index in [2.05, 4.69) is 45.7 Å². The molecule has 1 nitrogen and oxygen atoms in total. The van der Waals surface area contributed by atoms with Crippen LogP contribution >= 0.6 is 43.5 Å². The number of benzene rings is 1. The predicted molar refractivity (Wildman–Crippen MR) is 76.8 cm³/mol. The summed E-state index contributed by atoms with van der Waals surface area (Å²) in [7, 11) is 0. The first kappa shape index (κ1) is 14.3. The first-order chi connectivity index (χ1) is 7.54. The first-order valence-corrected chi connectivity index (χ1v) is 7.47. The highest BCUT2D eigenvalue weighted by Crippen LogP contribution is 2.28. The summed E-state index contributed by atoms with van der Waals surface area (Å²) in [6.45, 7) is 5.07. The van der Waals surface area contributed by atoms with Crippen LogP contribution in [-0.4, -0.2) is 11.9 Å². The number of ether oxygens (including phenoxy) is 1. The minimum atomic E-state index is 0.500. The van der Waals surface area contributed by atoms with Crippen LogP contribution in [0.25, 0.3) is 0 Å². The third kappa shape index (κ3) is 4.27. The average Bonchev–Trinajstić information content (AvgIpc) is 2.21. The van der Waals surface area contributed by atoms with E-state index in [0.29, 0.717) is 23.5 Å². The zero-order valence-corrected chi connectivity index (χ0v) is 13.3. The van der Waals surface area contributed by atoms with E-state index in [1.165, 1.54) is 0 Å². The van der Waals surface area contributed by atoms with Gasteiger partial charge in [-0.05, 0) is 24.1 Å². The van der Waals surface area contributed by atoms with Crippen molar-refractivity contribution in [2.24, 2.45) is 11.8 Å². The van der Waals surface area contributed by atoms with Crippen LogP contribution in [0.2, 0.25) is 5.02 Å². The highest BCUT2D eigenvalue weighted by Gasteiger charge is 2.13. The van der Waals surface area contributed by atoms with Gasteiger partial charge in [0.25, 0.3) is 0 Å². The van der Waals surface area contributed by atoms with Gasteiger partial charge in [0.05, 0.1) is 11.6 Å². The van der Waals surface area contributed by atoms with E-state index < -0.39 is 0 Å². The Bertz CT molecular complexity index is 342. The number of rotatable bonds is 5. The zero-order chi connectivity index (χ0) is 12.1. The van der Waals surface area contributed by atoms with Gasteiger partial charge in [0, 0.05) is 15.7 Å². The Balaban J connectivity index is 2.60. The monoisotopic (exact) mass is 368 g/mol. The highest BCUT2D eigenvalue weighted by atomic mass is 79.9. The lowest BCUT2D eigenvalue weighted by Gasteiger charge is -2.19.